The third-order valence-corrected chi connectivity index (χ3v) is 1.97. The molecule has 0 spiro atoms. The van der Waals surface area contributed by atoms with Gasteiger partial charge in [-0.05, 0) is 11.4 Å². The standard InChI is InChI=1S/C6H4N2S.C2H5NO/c1-2-9-6-5(1)3-7-4-8-6;1-2(3)4/h1-4H;1H3,(H2,3,4). The number of nitrogens with zero attached hydrogens (tertiary/aromatic N) is 2. The van der Waals surface area contributed by atoms with E-state index in [1.165, 1.54) is 6.92 Å². The van der Waals surface area contributed by atoms with Crippen LogP contribution in [0.4, 0.5) is 0 Å². The number of hydrogen-bond donors (Lipinski definition) is 1. The summed E-state index contributed by atoms with van der Waals surface area (Å²) < 4.78 is 0. The Labute approximate surface area is 79.4 Å². The molecule has 0 radical (unpaired) electrons. The summed E-state index contributed by atoms with van der Waals surface area (Å²) in [6.45, 7) is 1.31. The van der Waals surface area contributed by atoms with E-state index in [9.17, 15) is 4.79 Å². The number of aromatic nitrogens is 2. The van der Waals surface area contributed by atoms with Crippen molar-refractivity contribution in [3.8, 4) is 0 Å². The van der Waals surface area contributed by atoms with Gasteiger partial charge in [0.25, 0.3) is 0 Å². The van der Waals surface area contributed by atoms with Gasteiger partial charge in [0.05, 0.1) is 0 Å². The number of rotatable bonds is 0. The molecule has 2 rings (SSSR count). The van der Waals surface area contributed by atoms with E-state index in [2.05, 4.69) is 15.7 Å². The van der Waals surface area contributed by atoms with Crippen LogP contribution in [-0.4, -0.2) is 15.9 Å². The number of primary amides is 1. The van der Waals surface area contributed by atoms with E-state index in [4.69, 9.17) is 0 Å². The predicted molar refractivity (Wildman–Crippen MR) is 52.3 cm³/mol. The maximum Gasteiger partial charge on any atom is 0.214 e. The summed E-state index contributed by atoms with van der Waals surface area (Å²) in [7, 11) is 0. The van der Waals surface area contributed by atoms with Crippen LogP contribution in [0.15, 0.2) is 24.0 Å². The summed E-state index contributed by atoms with van der Waals surface area (Å²) in [4.78, 5) is 18.2. The van der Waals surface area contributed by atoms with Crippen LogP contribution < -0.4 is 5.73 Å². The van der Waals surface area contributed by atoms with Crippen molar-refractivity contribution < 1.29 is 4.79 Å². The van der Waals surface area contributed by atoms with Crippen molar-refractivity contribution in [2.45, 2.75) is 6.92 Å². The Morgan fingerprint density at radius 1 is 1.62 bits per heavy atom. The van der Waals surface area contributed by atoms with Crippen LogP contribution in [0.5, 0.6) is 0 Å². The minimum absolute atomic E-state index is 0.333. The highest BCUT2D eigenvalue weighted by Crippen LogP contribution is 2.14. The van der Waals surface area contributed by atoms with Crippen molar-refractivity contribution in [2.24, 2.45) is 5.73 Å². The number of hydrogen-bond acceptors (Lipinski definition) is 4. The first-order chi connectivity index (χ1) is 6.20. The number of carbonyl (C=O) groups excluding carboxylic acids is 1. The largest absolute Gasteiger partial charge is 0.370 e. The lowest BCUT2D eigenvalue weighted by atomic mass is 10.4. The molecule has 2 N–H and O–H groups in total. The third kappa shape index (κ3) is 3.16. The smallest absolute Gasteiger partial charge is 0.214 e. The first-order valence-corrected chi connectivity index (χ1v) is 4.47. The molecule has 2 aromatic rings. The van der Waals surface area contributed by atoms with E-state index < -0.39 is 0 Å². The third-order valence-electron chi connectivity index (χ3n) is 1.13. The molecule has 0 aliphatic carbocycles. The second-order valence-corrected chi connectivity index (χ2v) is 3.21. The van der Waals surface area contributed by atoms with Gasteiger partial charge in [0, 0.05) is 18.5 Å². The van der Waals surface area contributed by atoms with Crippen molar-refractivity contribution in [1.29, 1.82) is 0 Å². The number of fused-ring (bicyclic) bond motifs is 1. The topological polar surface area (TPSA) is 68.9 Å². The molecule has 68 valence electrons. The van der Waals surface area contributed by atoms with Gasteiger partial charge in [0.15, 0.2) is 0 Å². The predicted octanol–water partition coefficient (Wildman–Crippen LogP) is 1.18. The van der Waals surface area contributed by atoms with Crippen molar-refractivity contribution in [3.63, 3.8) is 0 Å². The normalized spacial score (nSPS) is 9.00. The van der Waals surface area contributed by atoms with Crippen LogP contribution in [0.1, 0.15) is 6.92 Å². The minimum atomic E-state index is -0.333. The first-order valence-electron chi connectivity index (χ1n) is 3.59. The fourth-order valence-electron chi connectivity index (χ4n) is 0.714. The summed E-state index contributed by atoms with van der Waals surface area (Å²) in [5.41, 5.74) is 4.47. The summed E-state index contributed by atoms with van der Waals surface area (Å²) >= 11 is 1.64. The van der Waals surface area contributed by atoms with E-state index in [-0.39, 0.29) is 5.91 Å². The SMILES string of the molecule is CC(N)=O.c1ncc2ccsc2n1. The second-order valence-electron chi connectivity index (χ2n) is 2.31. The van der Waals surface area contributed by atoms with Crippen molar-refractivity contribution in [1.82, 2.24) is 9.97 Å². The monoisotopic (exact) mass is 195 g/mol. The Hall–Kier alpha value is -1.49. The quantitative estimate of drug-likeness (QED) is 0.686. The Kier molecular flexibility index (Phi) is 3.33. The van der Waals surface area contributed by atoms with Gasteiger partial charge in [0.2, 0.25) is 5.91 Å². The number of carbonyl (C=O) groups is 1. The van der Waals surface area contributed by atoms with Crippen LogP contribution in [0.25, 0.3) is 10.2 Å². The molecule has 13 heavy (non-hydrogen) atoms. The van der Waals surface area contributed by atoms with Crippen LogP contribution in [0.3, 0.4) is 0 Å². The van der Waals surface area contributed by atoms with Gasteiger partial charge in [-0.15, -0.1) is 11.3 Å². The highest BCUT2D eigenvalue weighted by molar-refractivity contribution is 7.16. The van der Waals surface area contributed by atoms with Gasteiger partial charge >= 0.3 is 0 Å². The summed E-state index contributed by atoms with van der Waals surface area (Å²) in [5.74, 6) is -0.333. The molecule has 0 saturated heterocycles. The van der Waals surface area contributed by atoms with Gasteiger partial charge in [-0.2, -0.15) is 0 Å². The molecule has 4 nitrogen and oxygen atoms in total. The maximum atomic E-state index is 9.22. The molecule has 0 saturated carbocycles. The molecule has 2 aromatic heterocycles. The van der Waals surface area contributed by atoms with Crippen LogP contribution in [0.2, 0.25) is 0 Å². The Morgan fingerprint density at radius 3 is 2.92 bits per heavy atom. The van der Waals surface area contributed by atoms with E-state index in [1.807, 2.05) is 17.6 Å². The van der Waals surface area contributed by atoms with Gasteiger partial charge in [-0.1, -0.05) is 0 Å². The molecule has 0 bridgehead atoms. The van der Waals surface area contributed by atoms with Crippen LogP contribution in [0, 0.1) is 0 Å². The average Bonchev–Trinajstić information content (AvgIpc) is 2.49. The Balaban J connectivity index is 0.000000184. The Morgan fingerprint density at radius 2 is 2.31 bits per heavy atom. The summed E-state index contributed by atoms with van der Waals surface area (Å²) in [6, 6.07) is 2.01. The number of nitrogens with two attached hydrogens (primary N) is 1. The Bertz CT molecular complexity index is 365. The lowest BCUT2D eigenvalue weighted by molar-refractivity contribution is -0.115. The zero-order valence-corrected chi connectivity index (χ0v) is 7.91. The molecule has 0 aromatic carbocycles. The average molecular weight is 195 g/mol. The fourth-order valence-corrected chi connectivity index (χ4v) is 1.42. The molecule has 0 aliphatic heterocycles. The molecule has 0 atom stereocenters. The molecule has 5 heteroatoms. The summed E-state index contributed by atoms with van der Waals surface area (Å²) in [6.07, 6.45) is 3.39. The molecular weight excluding hydrogens is 186 g/mol. The molecule has 0 aliphatic rings. The molecule has 2 heterocycles. The maximum absolute atomic E-state index is 9.22. The highest BCUT2D eigenvalue weighted by atomic mass is 32.1. The van der Waals surface area contributed by atoms with Crippen molar-refractivity contribution in [2.75, 3.05) is 0 Å². The minimum Gasteiger partial charge on any atom is -0.370 e. The number of thiophene rings is 1. The molecule has 0 fully saturated rings. The first kappa shape index (κ1) is 9.60. The van der Waals surface area contributed by atoms with Gasteiger partial charge in [-0.25, -0.2) is 9.97 Å². The van der Waals surface area contributed by atoms with Crippen LogP contribution >= 0.6 is 11.3 Å². The van der Waals surface area contributed by atoms with Crippen molar-refractivity contribution >= 4 is 27.5 Å². The highest BCUT2D eigenvalue weighted by Gasteiger charge is 1.90. The lowest BCUT2D eigenvalue weighted by Gasteiger charge is -1.81. The van der Waals surface area contributed by atoms with E-state index in [1.54, 1.807) is 17.7 Å². The number of amides is 1. The van der Waals surface area contributed by atoms with E-state index in [0.717, 1.165) is 10.2 Å². The zero-order valence-electron chi connectivity index (χ0n) is 7.10. The molecule has 0 unspecified atom stereocenters. The fraction of sp³-hybridized carbons (Fsp3) is 0.125. The van der Waals surface area contributed by atoms with Gasteiger partial charge in [0.1, 0.15) is 11.2 Å². The summed E-state index contributed by atoms with van der Waals surface area (Å²) in [5, 5.41) is 3.14. The van der Waals surface area contributed by atoms with Crippen LogP contribution in [-0.2, 0) is 4.79 Å². The van der Waals surface area contributed by atoms with Crippen molar-refractivity contribution in [3.05, 3.63) is 24.0 Å². The van der Waals surface area contributed by atoms with Gasteiger partial charge in [-0.3, -0.25) is 4.79 Å². The molecule has 1 amide bonds. The van der Waals surface area contributed by atoms with E-state index >= 15 is 0 Å². The molecular formula is C8H9N3OS. The second kappa shape index (κ2) is 4.51. The zero-order chi connectivity index (χ0) is 9.68. The van der Waals surface area contributed by atoms with E-state index in [0.29, 0.717) is 0 Å². The van der Waals surface area contributed by atoms with Gasteiger partial charge < -0.3 is 5.73 Å². The lowest BCUT2D eigenvalue weighted by Crippen LogP contribution is -2.01.